The van der Waals surface area contributed by atoms with Crippen LogP contribution in [0.15, 0.2) is 42.7 Å². The molecule has 0 saturated heterocycles. The number of benzene rings is 1. The Morgan fingerprint density at radius 1 is 1.21 bits per heavy atom. The average Bonchev–Trinajstić information content (AvgIpc) is 2.39. The van der Waals surface area contributed by atoms with Crippen LogP contribution in [0.5, 0.6) is 11.5 Å². The van der Waals surface area contributed by atoms with E-state index in [0.29, 0.717) is 11.7 Å². The van der Waals surface area contributed by atoms with Gasteiger partial charge in [0.2, 0.25) is 0 Å². The summed E-state index contributed by atoms with van der Waals surface area (Å²) in [7, 11) is 0. The molecule has 0 aliphatic rings. The number of ether oxygens (including phenoxy) is 1. The SMILES string of the molecule is CC(C)c1ccc(Oc2cnccc2C(=O)O)cc1. The molecule has 1 heterocycles. The van der Waals surface area contributed by atoms with E-state index in [1.165, 1.54) is 24.0 Å². The van der Waals surface area contributed by atoms with Gasteiger partial charge in [-0.25, -0.2) is 4.79 Å². The highest BCUT2D eigenvalue weighted by atomic mass is 16.5. The Morgan fingerprint density at radius 3 is 2.47 bits per heavy atom. The summed E-state index contributed by atoms with van der Waals surface area (Å²) < 4.78 is 5.56. The van der Waals surface area contributed by atoms with E-state index < -0.39 is 5.97 Å². The van der Waals surface area contributed by atoms with Gasteiger partial charge in [-0.3, -0.25) is 4.98 Å². The lowest BCUT2D eigenvalue weighted by atomic mass is 10.0. The topological polar surface area (TPSA) is 59.4 Å². The molecule has 0 aliphatic heterocycles. The Balaban J connectivity index is 2.24. The number of aromatic carboxylic acids is 1. The molecule has 1 aromatic carbocycles. The molecule has 2 rings (SSSR count). The molecule has 2 aromatic rings. The Morgan fingerprint density at radius 2 is 1.89 bits per heavy atom. The molecule has 0 unspecified atom stereocenters. The van der Waals surface area contributed by atoms with Crippen molar-refractivity contribution in [2.75, 3.05) is 0 Å². The van der Waals surface area contributed by atoms with Crippen LogP contribution in [0.2, 0.25) is 0 Å². The fourth-order valence-corrected chi connectivity index (χ4v) is 1.69. The number of rotatable bonds is 4. The van der Waals surface area contributed by atoms with Crippen molar-refractivity contribution in [2.24, 2.45) is 0 Å². The smallest absolute Gasteiger partial charge is 0.339 e. The van der Waals surface area contributed by atoms with Gasteiger partial charge in [-0.1, -0.05) is 26.0 Å². The largest absolute Gasteiger partial charge is 0.478 e. The van der Waals surface area contributed by atoms with Crippen LogP contribution in [0.4, 0.5) is 0 Å². The number of hydrogen-bond acceptors (Lipinski definition) is 3. The molecule has 0 radical (unpaired) electrons. The van der Waals surface area contributed by atoms with E-state index in [-0.39, 0.29) is 11.3 Å². The maximum Gasteiger partial charge on any atom is 0.339 e. The van der Waals surface area contributed by atoms with Gasteiger partial charge in [0.25, 0.3) is 0 Å². The molecule has 1 N–H and O–H groups in total. The molecule has 19 heavy (non-hydrogen) atoms. The quantitative estimate of drug-likeness (QED) is 0.907. The highest BCUT2D eigenvalue weighted by Gasteiger charge is 2.11. The fourth-order valence-electron chi connectivity index (χ4n) is 1.69. The molecule has 4 heteroatoms. The molecule has 0 atom stereocenters. The van der Waals surface area contributed by atoms with Crippen LogP contribution in [-0.4, -0.2) is 16.1 Å². The molecular formula is C15H15NO3. The molecule has 1 aromatic heterocycles. The highest BCUT2D eigenvalue weighted by Crippen LogP contribution is 2.26. The molecule has 0 bridgehead atoms. The third kappa shape index (κ3) is 3.10. The zero-order valence-corrected chi connectivity index (χ0v) is 10.8. The lowest BCUT2D eigenvalue weighted by Crippen LogP contribution is -2.00. The first-order chi connectivity index (χ1) is 9.08. The molecule has 4 nitrogen and oxygen atoms in total. The summed E-state index contributed by atoms with van der Waals surface area (Å²) in [6.07, 6.45) is 2.83. The average molecular weight is 257 g/mol. The van der Waals surface area contributed by atoms with Crippen molar-refractivity contribution >= 4 is 5.97 Å². The molecular weight excluding hydrogens is 242 g/mol. The lowest BCUT2D eigenvalue weighted by molar-refractivity contribution is 0.0694. The van der Waals surface area contributed by atoms with Gasteiger partial charge < -0.3 is 9.84 Å². The maximum absolute atomic E-state index is 11.0. The van der Waals surface area contributed by atoms with Crippen molar-refractivity contribution in [3.8, 4) is 11.5 Å². The van der Waals surface area contributed by atoms with Gasteiger partial charge in [-0.2, -0.15) is 0 Å². The van der Waals surface area contributed by atoms with E-state index in [1.54, 1.807) is 0 Å². The number of carboxylic acids is 1. The molecule has 0 saturated carbocycles. The number of carboxylic acid groups (broad SMARTS) is 1. The summed E-state index contributed by atoms with van der Waals surface area (Å²) in [6.45, 7) is 4.22. The van der Waals surface area contributed by atoms with E-state index in [4.69, 9.17) is 9.84 Å². The summed E-state index contributed by atoms with van der Waals surface area (Å²) in [6, 6.07) is 9.01. The van der Waals surface area contributed by atoms with Crippen molar-refractivity contribution in [1.29, 1.82) is 0 Å². The van der Waals surface area contributed by atoms with Gasteiger partial charge in [0, 0.05) is 6.20 Å². The lowest BCUT2D eigenvalue weighted by Gasteiger charge is -2.09. The molecule has 0 spiro atoms. The molecule has 98 valence electrons. The van der Waals surface area contributed by atoms with Crippen LogP contribution in [0.25, 0.3) is 0 Å². The van der Waals surface area contributed by atoms with E-state index in [2.05, 4.69) is 18.8 Å². The minimum Gasteiger partial charge on any atom is -0.478 e. The van der Waals surface area contributed by atoms with Crippen molar-refractivity contribution in [3.05, 3.63) is 53.9 Å². The third-order valence-corrected chi connectivity index (χ3v) is 2.79. The number of pyridine rings is 1. The zero-order chi connectivity index (χ0) is 13.8. The number of nitrogens with zero attached hydrogens (tertiary/aromatic N) is 1. The van der Waals surface area contributed by atoms with Gasteiger partial charge >= 0.3 is 5.97 Å². The maximum atomic E-state index is 11.0. The first-order valence-corrected chi connectivity index (χ1v) is 6.03. The number of carbonyl (C=O) groups is 1. The van der Waals surface area contributed by atoms with Gasteiger partial charge in [0.1, 0.15) is 11.3 Å². The predicted octanol–water partition coefficient (Wildman–Crippen LogP) is 3.70. The van der Waals surface area contributed by atoms with Gasteiger partial charge in [0.15, 0.2) is 5.75 Å². The third-order valence-electron chi connectivity index (χ3n) is 2.79. The zero-order valence-electron chi connectivity index (χ0n) is 10.8. The van der Waals surface area contributed by atoms with E-state index in [1.807, 2.05) is 24.3 Å². The van der Waals surface area contributed by atoms with Crippen LogP contribution >= 0.6 is 0 Å². The summed E-state index contributed by atoms with van der Waals surface area (Å²) in [5, 5.41) is 9.05. The van der Waals surface area contributed by atoms with Crippen molar-refractivity contribution in [3.63, 3.8) is 0 Å². The summed E-state index contributed by atoms with van der Waals surface area (Å²) >= 11 is 0. The first kappa shape index (κ1) is 13.1. The standard InChI is InChI=1S/C15H15NO3/c1-10(2)11-3-5-12(6-4-11)19-14-9-16-8-7-13(14)15(17)18/h3-10H,1-2H3,(H,17,18). The Labute approximate surface area is 111 Å². The normalized spacial score (nSPS) is 10.5. The number of hydrogen-bond donors (Lipinski definition) is 1. The van der Waals surface area contributed by atoms with Crippen molar-refractivity contribution < 1.29 is 14.6 Å². The second-order valence-corrected chi connectivity index (χ2v) is 4.50. The second kappa shape index (κ2) is 5.52. The molecule has 0 fully saturated rings. The van der Waals surface area contributed by atoms with Crippen molar-refractivity contribution in [2.45, 2.75) is 19.8 Å². The Bertz CT molecular complexity index is 576. The number of aromatic nitrogens is 1. The highest BCUT2D eigenvalue weighted by molar-refractivity contribution is 5.90. The predicted molar refractivity (Wildman–Crippen MR) is 71.8 cm³/mol. The van der Waals surface area contributed by atoms with E-state index in [9.17, 15) is 4.79 Å². The van der Waals surface area contributed by atoms with Gasteiger partial charge in [-0.05, 0) is 29.7 Å². The molecule has 0 aliphatic carbocycles. The molecule has 0 amide bonds. The summed E-state index contributed by atoms with van der Waals surface area (Å²) in [5.74, 6) is 0.255. The van der Waals surface area contributed by atoms with Gasteiger partial charge in [-0.15, -0.1) is 0 Å². The van der Waals surface area contributed by atoms with Crippen LogP contribution in [0.1, 0.15) is 35.7 Å². The van der Waals surface area contributed by atoms with Gasteiger partial charge in [0.05, 0.1) is 6.20 Å². The van der Waals surface area contributed by atoms with Crippen LogP contribution in [0, 0.1) is 0 Å². The Kier molecular flexibility index (Phi) is 3.80. The van der Waals surface area contributed by atoms with Crippen LogP contribution in [0.3, 0.4) is 0 Å². The second-order valence-electron chi connectivity index (χ2n) is 4.50. The van der Waals surface area contributed by atoms with Crippen LogP contribution < -0.4 is 4.74 Å². The first-order valence-electron chi connectivity index (χ1n) is 6.03. The van der Waals surface area contributed by atoms with Crippen molar-refractivity contribution in [1.82, 2.24) is 4.98 Å². The summed E-state index contributed by atoms with van der Waals surface area (Å²) in [4.78, 5) is 14.9. The minimum atomic E-state index is -1.03. The summed E-state index contributed by atoms with van der Waals surface area (Å²) in [5.41, 5.74) is 1.31. The van der Waals surface area contributed by atoms with Crippen LogP contribution in [-0.2, 0) is 0 Å². The fraction of sp³-hybridized carbons (Fsp3) is 0.200. The Hall–Kier alpha value is -2.36. The minimum absolute atomic E-state index is 0.0999. The van der Waals surface area contributed by atoms with E-state index in [0.717, 1.165) is 0 Å². The monoisotopic (exact) mass is 257 g/mol. The van der Waals surface area contributed by atoms with E-state index >= 15 is 0 Å².